The number of carbonyl (C=O) groups is 1. The standard InChI is InChI=1S/C19H27N5O/c1-22(19(25)15-16-3-5-17(20)6-4-16)18-7-11-23(12-8-18)13-14-24-10-2-9-21-24/h2-6,9-10,18H,7-8,11-15,20H2,1H3. The van der Waals surface area contributed by atoms with Gasteiger partial charge in [-0.15, -0.1) is 0 Å². The van der Waals surface area contributed by atoms with E-state index in [1.165, 1.54) is 0 Å². The van der Waals surface area contributed by atoms with Crippen LogP contribution in [0.15, 0.2) is 42.7 Å². The molecule has 1 saturated heterocycles. The van der Waals surface area contributed by atoms with Crippen molar-refractivity contribution in [2.75, 3.05) is 32.4 Å². The van der Waals surface area contributed by atoms with E-state index in [2.05, 4.69) is 10.00 Å². The van der Waals surface area contributed by atoms with Gasteiger partial charge < -0.3 is 15.5 Å². The highest BCUT2D eigenvalue weighted by atomic mass is 16.2. The number of nitrogens with two attached hydrogens (primary N) is 1. The van der Waals surface area contributed by atoms with Gasteiger partial charge in [-0.3, -0.25) is 9.48 Å². The van der Waals surface area contributed by atoms with E-state index in [0.29, 0.717) is 12.5 Å². The van der Waals surface area contributed by atoms with E-state index in [0.717, 1.165) is 50.3 Å². The third kappa shape index (κ3) is 4.82. The Balaban J connectivity index is 1.43. The molecule has 0 spiro atoms. The minimum atomic E-state index is 0.180. The molecule has 1 amide bonds. The molecule has 1 aliphatic heterocycles. The Bertz CT molecular complexity index is 660. The Labute approximate surface area is 149 Å². The number of carbonyl (C=O) groups excluding carboxylic acids is 1. The molecule has 0 saturated carbocycles. The minimum Gasteiger partial charge on any atom is -0.399 e. The maximum atomic E-state index is 12.5. The number of nitrogen functional groups attached to an aromatic ring is 1. The van der Waals surface area contributed by atoms with Crippen molar-refractivity contribution in [2.45, 2.75) is 31.8 Å². The summed E-state index contributed by atoms with van der Waals surface area (Å²) in [5.41, 5.74) is 7.44. The topological polar surface area (TPSA) is 67.4 Å². The molecule has 1 aromatic heterocycles. The number of likely N-dealkylation sites (tertiary alicyclic amines) is 1. The summed E-state index contributed by atoms with van der Waals surface area (Å²) in [7, 11) is 1.93. The van der Waals surface area contributed by atoms with Crippen LogP contribution in [0.25, 0.3) is 0 Å². The Kier molecular flexibility index (Phi) is 5.71. The van der Waals surface area contributed by atoms with Crippen LogP contribution in [0.3, 0.4) is 0 Å². The Morgan fingerprint density at radius 1 is 1.24 bits per heavy atom. The smallest absolute Gasteiger partial charge is 0.226 e. The van der Waals surface area contributed by atoms with Crippen LogP contribution in [0.2, 0.25) is 0 Å². The molecule has 1 aliphatic rings. The molecule has 0 atom stereocenters. The molecule has 1 aromatic carbocycles. The Morgan fingerprint density at radius 2 is 1.96 bits per heavy atom. The van der Waals surface area contributed by atoms with Gasteiger partial charge in [-0.2, -0.15) is 5.10 Å². The molecule has 0 aliphatic carbocycles. The second-order valence-corrected chi connectivity index (χ2v) is 6.76. The lowest BCUT2D eigenvalue weighted by molar-refractivity contribution is -0.132. The third-order valence-corrected chi connectivity index (χ3v) is 5.04. The quantitative estimate of drug-likeness (QED) is 0.811. The average molecular weight is 341 g/mol. The van der Waals surface area contributed by atoms with Gasteiger partial charge in [0, 0.05) is 50.8 Å². The molecule has 0 unspecified atom stereocenters. The zero-order chi connectivity index (χ0) is 17.6. The molecule has 0 radical (unpaired) electrons. The molecule has 134 valence electrons. The van der Waals surface area contributed by atoms with Crippen molar-refractivity contribution in [1.29, 1.82) is 0 Å². The molecule has 6 nitrogen and oxygen atoms in total. The monoisotopic (exact) mass is 341 g/mol. The zero-order valence-corrected chi connectivity index (χ0v) is 14.8. The van der Waals surface area contributed by atoms with Crippen LogP contribution in [-0.2, 0) is 17.8 Å². The van der Waals surface area contributed by atoms with Crippen molar-refractivity contribution in [2.24, 2.45) is 0 Å². The van der Waals surface area contributed by atoms with Gasteiger partial charge in [0.15, 0.2) is 0 Å². The number of aromatic nitrogens is 2. The summed E-state index contributed by atoms with van der Waals surface area (Å²) in [5.74, 6) is 0.180. The van der Waals surface area contributed by atoms with Gasteiger partial charge in [0.05, 0.1) is 13.0 Å². The molecular formula is C19H27N5O. The first kappa shape index (κ1) is 17.5. The number of amides is 1. The Morgan fingerprint density at radius 3 is 2.60 bits per heavy atom. The van der Waals surface area contributed by atoms with E-state index >= 15 is 0 Å². The average Bonchev–Trinajstić information content (AvgIpc) is 3.15. The molecule has 2 N–H and O–H groups in total. The second kappa shape index (κ2) is 8.16. The van der Waals surface area contributed by atoms with Crippen LogP contribution >= 0.6 is 0 Å². The van der Waals surface area contributed by atoms with Crippen LogP contribution in [0.1, 0.15) is 18.4 Å². The van der Waals surface area contributed by atoms with Crippen molar-refractivity contribution in [1.82, 2.24) is 19.6 Å². The maximum absolute atomic E-state index is 12.5. The highest BCUT2D eigenvalue weighted by molar-refractivity contribution is 5.79. The van der Waals surface area contributed by atoms with Crippen molar-refractivity contribution in [3.8, 4) is 0 Å². The van der Waals surface area contributed by atoms with Crippen LogP contribution in [-0.4, -0.2) is 58.2 Å². The van der Waals surface area contributed by atoms with Gasteiger partial charge in [-0.25, -0.2) is 0 Å². The molecule has 25 heavy (non-hydrogen) atoms. The molecule has 2 heterocycles. The van der Waals surface area contributed by atoms with E-state index in [4.69, 9.17) is 5.73 Å². The zero-order valence-electron chi connectivity index (χ0n) is 14.8. The van der Waals surface area contributed by atoms with Crippen LogP contribution < -0.4 is 5.73 Å². The number of piperidine rings is 1. The first-order valence-electron chi connectivity index (χ1n) is 8.91. The summed E-state index contributed by atoms with van der Waals surface area (Å²) in [6.45, 7) is 4.00. The van der Waals surface area contributed by atoms with Crippen molar-refractivity contribution < 1.29 is 4.79 Å². The SMILES string of the molecule is CN(C(=O)Cc1ccc(N)cc1)C1CCN(CCn2cccn2)CC1. The number of hydrogen-bond donors (Lipinski definition) is 1. The van der Waals surface area contributed by atoms with Gasteiger partial charge in [0.2, 0.25) is 5.91 Å². The largest absolute Gasteiger partial charge is 0.399 e. The van der Waals surface area contributed by atoms with Crippen molar-refractivity contribution in [3.63, 3.8) is 0 Å². The lowest BCUT2D eigenvalue weighted by Gasteiger charge is -2.36. The predicted octanol–water partition coefficient (Wildman–Crippen LogP) is 1.63. The lowest BCUT2D eigenvalue weighted by Crippen LogP contribution is -2.46. The normalized spacial score (nSPS) is 16.0. The highest BCUT2D eigenvalue weighted by Crippen LogP contribution is 2.17. The summed E-state index contributed by atoms with van der Waals surface area (Å²) >= 11 is 0. The molecule has 3 rings (SSSR count). The van der Waals surface area contributed by atoms with E-state index in [1.54, 1.807) is 0 Å². The first-order valence-corrected chi connectivity index (χ1v) is 8.91. The van der Waals surface area contributed by atoms with Gasteiger partial charge in [-0.05, 0) is 36.6 Å². The fraction of sp³-hybridized carbons (Fsp3) is 0.474. The summed E-state index contributed by atoms with van der Waals surface area (Å²) in [4.78, 5) is 16.9. The summed E-state index contributed by atoms with van der Waals surface area (Å²) in [6, 6.07) is 9.84. The lowest BCUT2D eigenvalue weighted by atomic mass is 10.0. The fourth-order valence-electron chi connectivity index (χ4n) is 3.35. The van der Waals surface area contributed by atoms with Crippen LogP contribution in [0.5, 0.6) is 0 Å². The first-order chi connectivity index (χ1) is 12.1. The van der Waals surface area contributed by atoms with E-state index < -0.39 is 0 Å². The van der Waals surface area contributed by atoms with Gasteiger partial charge in [-0.1, -0.05) is 12.1 Å². The highest BCUT2D eigenvalue weighted by Gasteiger charge is 2.25. The number of benzene rings is 1. The number of rotatable bonds is 6. The second-order valence-electron chi connectivity index (χ2n) is 6.76. The number of hydrogen-bond acceptors (Lipinski definition) is 4. The molecule has 0 bridgehead atoms. The fourth-order valence-corrected chi connectivity index (χ4v) is 3.35. The van der Waals surface area contributed by atoms with Crippen LogP contribution in [0.4, 0.5) is 5.69 Å². The van der Waals surface area contributed by atoms with Crippen molar-refractivity contribution in [3.05, 3.63) is 48.3 Å². The number of anilines is 1. The molecule has 6 heteroatoms. The summed E-state index contributed by atoms with van der Waals surface area (Å²) in [6.07, 6.45) is 6.31. The van der Waals surface area contributed by atoms with Gasteiger partial charge in [0.1, 0.15) is 0 Å². The molecule has 1 fully saturated rings. The number of likely N-dealkylation sites (N-methyl/N-ethyl adjacent to an activating group) is 1. The van der Waals surface area contributed by atoms with E-state index in [-0.39, 0.29) is 5.91 Å². The predicted molar refractivity (Wildman–Crippen MR) is 99.0 cm³/mol. The minimum absolute atomic E-state index is 0.180. The summed E-state index contributed by atoms with van der Waals surface area (Å²) in [5, 5.41) is 4.24. The molecule has 2 aromatic rings. The van der Waals surface area contributed by atoms with Gasteiger partial charge in [0.25, 0.3) is 0 Å². The number of nitrogens with zero attached hydrogens (tertiary/aromatic N) is 4. The Hall–Kier alpha value is -2.34. The van der Waals surface area contributed by atoms with E-state index in [1.807, 2.05) is 59.4 Å². The maximum Gasteiger partial charge on any atom is 0.226 e. The molecular weight excluding hydrogens is 314 g/mol. The van der Waals surface area contributed by atoms with Crippen molar-refractivity contribution >= 4 is 11.6 Å². The van der Waals surface area contributed by atoms with Gasteiger partial charge >= 0.3 is 0 Å². The third-order valence-electron chi connectivity index (χ3n) is 5.04. The van der Waals surface area contributed by atoms with Crippen LogP contribution in [0, 0.1) is 0 Å². The summed E-state index contributed by atoms with van der Waals surface area (Å²) < 4.78 is 1.97. The van der Waals surface area contributed by atoms with E-state index in [9.17, 15) is 4.79 Å².